The van der Waals surface area contributed by atoms with Crippen LogP contribution in [0.5, 0.6) is 0 Å². The van der Waals surface area contributed by atoms with Crippen LogP contribution in [0.2, 0.25) is 0 Å². The average molecular weight is 226 g/mol. The molecule has 0 unspecified atom stereocenters. The van der Waals surface area contributed by atoms with Crippen molar-refractivity contribution in [2.75, 3.05) is 20.1 Å². The molecule has 1 aromatic heterocycles. The van der Waals surface area contributed by atoms with Crippen LogP contribution in [0.4, 0.5) is 0 Å². The van der Waals surface area contributed by atoms with E-state index in [1.54, 1.807) is 11.3 Å². The van der Waals surface area contributed by atoms with Gasteiger partial charge >= 0.3 is 0 Å². The van der Waals surface area contributed by atoms with E-state index >= 15 is 0 Å². The molecule has 0 aliphatic heterocycles. The van der Waals surface area contributed by atoms with Gasteiger partial charge in [-0.25, -0.2) is 0 Å². The summed E-state index contributed by atoms with van der Waals surface area (Å²) in [5.41, 5.74) is 6.89. The van der Waals surface area contributed by atoms with Crippen LogP contribution in [0.25, 0.3) is 0 Å². The van der Waals surface area contributed by atoms with Crippen molar-refractivity contribution in [2.24, 2.45) is 5.73 Å². The average Bonchev–Trinajstić information content (AvgIpc) is 2.70. The Bertz CT molecular complexity index is 234. The molecule has 0 aliphatic rings. The minimum atomic E-state index is 0.838. The first kappa shape index (κ1) is 12.7. The highest BCUT2D eigenvalue weighted by molar-refractivity contribution is 7.07. The number of nitrogens with two attached hydrogens (primary N) is 1. The number of thiophene rings is 1. The smallest absolute Gasteiger partial charge is 0.0238 e. The number of hydrogen-bond acceptors (Lipinski definition) is 3. The van der Waals surface area contributed by atoms with Crippen LogP contribution in [0.15, 0.2) is 16.8 Å². The molecule has 3 heteroatoms. The summed E-state index contributed by atoms with van der Waals surface area (Å²) in [6.45, 7) is 3.12. The van der Waals surface area contributed by atoms with E-state index in [1.807, 2.05) is 0 Å². The summed E-state index contributed by atoms with van der Waals surface area (Å²) in [5, 5.41) is 4.37. The standard InChI is InChI=1S/C12H22N2S/c1-14(8-5-3-2-4-7-13)10-12-6-9-15-11-12/h6,9,11H,2-5,7-8,10,13H2,1H3. The van der Waals surface area contributed by atoms with Crippen LogP contribution in [-0.2, 0) is 6.54 Å². The molecule has 1 heterocycles. The topological polar surface area (TPSA) is 29.3 Å². The predicted molar refractivity (Wildman–Crippen MR) is 68.2 cm³/mol. The Labute approximate surface area is 97.1 Å². The zero-order valence-electron chi connectivity index (χ0n) is 9.61. The number of rotatable bonds is 8. The third-order valence-corrected chi connectivity index (χ3v) is 3.26. The molecule has 2 nitrogen and oxygen atoms in total. The Morgan fingerprint density at radius 2 is 2.07 bits per heavy atom. The minimum Gasteiger partial charge on any atom is -0.330 e. The van der Waals surface area contributed by atoms with E-state index in [-0.39, 0.29) is 0 Å². The quantitative estimate of drug-likeness (QED) is 0.691. The lowest BCUT2D eigenvalue weighted by Crippen LogP contribution is -2.18. The monoisotopic (exact) mass is 226 g/mol. The van der Waals surface area contributed by atoms with Crippen LogP contribution in [-0.4, -0.2) is 25.0 Å². The summed E-state index contributed by atoms with van der Waals surface area (Å²) in [7, 11) is 2.20. The van der Waals surface area contributed by atoms with Crippen molar-refractivity contribution in [3.8, 4) is 0 Å². The Morgan fingerprint density at radius 1 is 1.27 bits per heavy atom. The summed E-state index contributed by atoms with van der Waals surface area (Å²) < 4.78 is 0. The summed E-state index contributed by atoms with van der Waals surface area (Å²) in [6, 6.07) is 2.20. The van der Waals surface area contributed by atoms with Crippen molar-refractivity contribution in [3.63, 3.8) is 0 Å². The van der Waals surface area contributed by atoms with E-state index in [0.717, 1.165) is 13.1 Å². The van der Waals surface area contributed by atoms with Gasteiger partial charge in [0, 0.05) is 6.54 Å². The van der Waals surface area contributed by atoms with Crippen molar-refractivity contribution >= 4 is 11.3 Å². The molecule has 86 valence electrons. The largest absolute Gasteiger partial charge is 0.330 e. The van der Waals surface area contributed by atoms with E-state index < -0.39 is 0 Å². The molecule has 0 atom stereocenters. The molecule has 1 rings (SSSR count). The number of hydrogen-bond donors (Lipinski definition) is 1. The lowest BCUT2D eigenvalue weighted by atomic mass is 10.2. The summed E-state index contributed by atoms with van der Waals surface area (Å²) in [6.07, 6.45) is 5.06. The van der Waals surface area contributed by atoms with Gasteiger partial charge in [-0.3, -0.25) is 0 Å². The van der Waals surface area contributed by atoms with Crippen molar-refractivity contribution in [1.29, 1.82) is 0 Å². The first-order chi connectivity index (χ1) is 7.33. The van der Waals surface area contributed by atoms with Crippen molar-refractivity contribution < 1.29 is 0 Å². The van der Waals surface area contributed by atoms with Gasteiger partial charge in [-0.05, 0) is 55.4 Å². The summed E-state index contributed by atoms with van der Waals surface area (Å²) >= 11 is 1.78. The minimum absolute atomic E-state index is 0.838. The Kier molecular flexibility index (Phi) is 6.64. The zero-order chi connectivity index (χ0) is 10.9. The van der Waals surface area contributed by atoms with E-state index in [4.69, 9.17) is 5.73 Å². The van der Waals surface area contributed by atoms with Crippen LogP contribution in [0.3, 0.4) is 0 Å². The van der Waals surface area contributed by atoms with Crippen LogP contribution >= 0.6 is 11.3 Å². The maximum absolute atomic E-state index is 5.45. The molecule has 1 aromatic rings. The van der Waals surface area contributed by atoms with Gasteiger partial charge in [-0.2, -0.15) is 11.3 Å². The second kappa shape index (κ2) is 7.85. The van der Waals surface area contributed by atoms with Gasteiger partial charge in [-0.15, -0.1) is 0 Å². The molecule has 0 fully saturated rings. The van der Waals surface area contributed by atoms with Gasteiger partial charge in [0.2, 0.25) is 0 Å². The molecule has 0 saturated carbocycles. The molecule has 0 amide bonds. The lowest BCUT2D eigenvalue weighted by Gasteiger charge is -2.15. The van der Waals surface area contributed by atoms with Crippen LogP contribution in [0.1, 0.15) is 31.2 Å². The highest BCUT2D eigenvalue weighted by Crippen LogP contribution is 2.09. The molecular formula is C12H22N2S. The van der Waals surface area contributed by atoms with Gasteiger partial charge in [-0.1, -0.05) is 12.8 Å². The molecule has 0 aromatic carbocycles. The third-order valence-electron chi connectivity index (χ3n) is 2.53. The fraction of sp³-hybridized carbons (Fsp3) is 0.667. The summed E-state index contributed by atoms with van der Waals surface area (Å²) in [5.74, 6) is 0. The number of unbranched alkanes of at least 4 members (excludes halogenated alkanes) is 3. The van der Waals surface area contributed by atoms with E-state index in [1.165, 1.54) is 37.8 Å². The Hall–Kier alpha value is -0.380. The van der Waals surface area contributed by atoms with Crippen molar-refractivity contribution in [1.82, 2.24) is 4.90 Å². The maximum Gasteiger partial charge on any atom is 0.0238 e. The van der Waals surface area contributed by atoms with Crippen molar-refractivity contribution in [3.05, 3.63) is 22.4 Å². The SMILES string of the molecule is CN(CCCCCCN)Cc1ccsc1. The summed E-state index contributed by atoms with van der Waals surface area (Å²) in [4.78, 5) is 2.39. The highest BCUT2D eigenvalue weighted by Gasteiger charge is 1.99. The van der Waals surface area contributed by atoms with Gasteiger partial charge in [0.1, 0.15) is 0 Å². The molecule has 0 aliphatic carbocycles. The van der Waals surface area contributed by atoms with Crippen molar-refractivity contribution in [2.45, 2.75) is 32.2 Å². The fourth-order valence-corrected chi connectivity index (χ4v) is 2.31. The van der Waals surface area contributed by atoms with Gasteiger partial charge in [0.25, 0.3) is 0 Å². The second-order valence-corrected chi connectivity index (χ2v) is 4.85. The third kappa shape index (κ3) is 5.92. The molecule has 2 N–H and O–H groups in total. The normalized spacial score (nSPS) is 11.1. The van der Waals surface area contributed by atoms with Gasteiger partial charge in [0.05, 0.1) is 0 Å². The fourth-order valence-electron chi connectivity index (χ4n) is 1.65. The first-order valence-corrected chi connectivity index (χ1v) is 6.67. The van der Waals surface area contributed by atoms with Crippen LogP contribution < -0.4 is 5.73 Å². The number of nitrogens with zero attached hydrogens (tertiary/aromatic N) is 1. The molecular weight excluding hydrogens is 204 g/mol. The predicted octanol–water partition coefficient (Wildman–Crippen LogP) is 2.70. The molecule has 0 saturated heterocycles. The molecule has 0 spiro atoms. The Morgan fingerprint density at radius 3 is 2.73 bits per heavy atom. The Balaban J connectivity index is 2.01. The molecule has 0 bridgehead atoms. The lowest BCUT2D eigenvalue weighted by molar-refractivity contribution is 0.317. The van der Waals surface area contributed by atoms with Gasteiger partial charge in [0.15, 0.2) is 0 Å². The first-order valence-electron chi connectivity index (χ1n) is 5.72. The van der Waals surface area contributed by atoms with E-state index in [0.29, 0.717) is 0 Å². The van der Waals surface area contributed by atoms with E-state index in [2.05, 4.69) is 28.8 Å². The van der Waals surface area contributed by atoms with Gasteiger partial charge < -0.3 is 10.6 Å². The van der Waals surface area contributed by atoms with Crippen LogP contribution in [0, 0.1) is 0 Å². The highest BCUT2D eigenvalue weighted by atomic mass is 32.1. The second-order valence-electron chi connectivity index (χ2n) is 4.07. The molecule has 0 radical (unpaired) electrons. The van der Waals surface area contributed by atoms with E-state index in [9.17, 15) is 0 Å². The zero-order valence-corrected chi connectivity index (χ0v) is 10.4. The molecule has 15 heavy (non-hydrogen) atoms. The maximum atomic E-state index is 5.45.